The topological polar surface area (TPSA) is 81.4 Å². The molecule has 0 saturated heterocycles. The van der Waals surface area contributed by atoms with Gasteiger partial charge in [0.2, 0.25) is 5.91 Å². The third kappa shape index (κ3) is 6.88. The average molecular weight is 387 g/mol. The fourth-order valence-electron chi connectivity index (χ4n) is 2.85. The second-order valence-electron chi connectivity index (χ2n) is 6.25. The highest BCUT2D eigenvalue weighted by molar-refractivity contribution is 7.98. The largest absolute Gasteiger partial charge is 0.469 e. The lowest BCUT2D eigenvalue weighted by Gasteiger charge is -2.31. The zero-order valence-corrected chi connectivity index (χ0v) is 16.2. The molecule has 1 aliphatic rings. The van der Waals surface area contributed by atoms with Gasteiger partial charge in [-0.3, -0.25) is 9.59 Å². The molecular weight excluding hydrogens is 360 g/mol. The monoisotopic (exact) mass is 386 g/mol. The number of esters is 1. The molecule has 0 radical (unpaired) electrons. The predicted octanol–water partition coefficient (Wildman–Crippen LogP) is 3.50. The van der Waals surface area contributed by atoms with Crippen LogP contribution in [0.2, 0.25) is 0 Å². The summed E-state index contributed by atoms with van der Waals surface area (Å²) < 4.78 is 4.62. The van der Waals surface area contributed by atoms with Crippen LogP contribution in [0.3, 0.4) is 0 Å². The van der Waals surface area contributed by atoms with Crippen LogP contribution < -0.4 is 11.1 Å². The summed E-state index contributed by atoms with van der Waals surface area (Å²) in [5, 5.41) is 2.96. The van der Waals surface area contributed by atoms with Gasteiger partial charge in [0.15, 0.2) is 0 Å². The number of hydrogen-bond acceptors (Lipinski definition) is 5. The Hall–Kier alpha value is -1.24. The summed E-state index contributed by atoms with van der Waals surface area (Å²) in [6, 6.07) is 7.79. The highest BCUT2D eigenvalue weighted by atomic mass is 35.5. The van der Waals surface area contributed by atoms with Crippen LogP contribution in [0.5, 0.6) is 0 Å². The number of amides is 1. The van der Waals surface area contributed by atoms with E-state index in [9.17, 15) is 9.59 Å². The molecule has 0 spiro atoms. The molecular formula is C18H27ClN2O3S. The molecule has 0 atom stereocenters. The number of carbonyl (C=O) groups excluding carboxylic acids is 2. The van der Waals surface area contributed by atoms with Gasteiger partial charge in [0.05, 0.1) is 19.1 Å². The molecule has 1 fully saturated rings. The van der Waals surface area contributed by atoms with Crippen molar-refractivity contribution in [3.05, 3.63) is 29.8 Å². The van der Waals surface area contributed by atoms with Crippen LogP contribution in [-0.4, -0.2) is 30.3 Å². The van der Waals surface area contributed by atoms with E-state index >= 15 is 0 Å². The lowest BCUT2D eigenvalue weighted by Crippen LogP contribution is -2.52. The Morgan fingerprint density at radius 2 is 2.00 bits per heavy atom. The van der Waals surface area contributed by atoms with Crippen molar-refractivity contribution in [2.45, 2.75) is 49.8 Å². The highest BCUT2D eigenvalue weighted by Gasteiger charge is 2.35. The number of hydrogen-bond donors (Lipinski definition) is 2. The highest BCUT2D eigenvalue weighted by Crippen LogP contribution is 2.27. The van der Waals surface area contributed by atoms with E-state index in [0.717, 1.165) is 54.9 Å². The molecule has 2 rings (SSSR count). The molecule has 1 aliphatic carbocycles. The number of nitrogens with one attached hydrogen (secondary N) is 1. The van der Waals surface area contributed by atoms with Crippen molar-refractivity contribution in [3.63, 3.8) is 0 Å². The molecule has 7 heteroatoms. The van der Waals surface area contributed by atoms with Gasteiger partial charge < -0.3 is 15.8 Å². The summed E-state index contributed by atoms with van der Waals surface area (Å²) in [4.78, 5) is 23.6. The minimum atomic E-state index is -0.733. The van der Waals surface area contributed by atoms with Crippen molar-refractivity contribution < 1.29 is 14.3 Å². The van der Waals surface area contributed by atoms with Crippen molar-refractivity contribution in [3.8, 4) is 0 Å². The molecule has 0 heterocycles. The number of nitrogens with two attached hydrogens (primary N) is 1. The Balaban J connectivity index is 0.00000312. The fraction of sp³-hybridized carbons (Fsp3) is 0.556. The number of methoxy groups -OCH3 is 1. The zero-order valence-electron chi connectivity index (χ0n) is 14.6. The molecule has 1 amide bonds. The average Bonchev–Trinajstić information content (AvgIpc) is 2.59. The van der Waals surface area contributed by atoms with Gasteiger partial charge in [-0.25, -0.2) is 0 Å². The molecule has 3 N–H and O–H groups in total. The first-order valence-electron chi connectivity index (χ1n) is 8.37. The molecule has 1 aromatic rings. The number of benzene rings is 1. The smallest absolute Gasteiger partial charge is 0.306 e. The minimum Gasteiger partial charge on any atom is -0.469 e. The van der Waals surface area contributed by atoms with Crippen molar-refractivity contribution in [2.75, 3.05) is 18.2 Å². The lowest BCUT2D eigenvalue weighted by atomic mass is 9.82. The Morgan fingerprint density at radius 1 is 1.28 bits per heavy atom. The summed E-state index contributed by atoms with van der Waals surface area (Å²) in [6.07, 6.45) is 5.10. The van der Waals surface area contributed by atoms with Gasteiger partial charge in [0.25, 0.3) is 0 Å². The van der Waals surface area contributed by atoms with Crippen LogP contribution in [-0.2, 0) is 20.1 Å². The van der Waals surface area contributed by atoms with Crippen molar-refractivity contribution in [1.29, 1.82) is 0 Å². The predicted molar refractivity (Wildman–Crippen MR) is 105 cm³/mol. The SMILES string of the molecule is COC(=O)CCSCc1cccc(NC(=O)C2(N)CCCCC2)c1.Cl. The first kappa shape index (κ1) is 21.8. The third-order valence-electron chi connectivity index (χ3n) is 4.33. The van der Waals surface area contributed by atoms with Crippen LogP contribution >= 0.6 is 24.2 Å². The number of anilines is 1. The maximum atomic E-state index is 12.5. The van der Waals surface area contributed by atoms with Crippen LogP contribution in [0.4, 0.5) is 5.69 Å². The van der Waals surface area contributed by atoms with Crippen LogP contribution in [0.25, 0.3) is 0 Å². The van der Waals surface area contributed by atoms with E-state index in [1.54, 1.807) is 11.8 Å². The van der Waals surface area contributed by atoms with E-state index in [2.05, 4.69) is 10.1 Å². The number of carbonyl (C=O) groups is 2. The molecule has 0 bridgehead atoms. The number of ether oxygens (including phenoxy) is 1. The number of thioether (sulfide) groups is 1. The van der Waals surface area contributed by atoms with Gasteiger partial charge in [-0.1, -0.05) is 31.4 Å². The molecule has 1 aromatic carbocycles. The summed E-state index contributed by atoms with van der Waals surface area (Å²) in [7, 11) is 1.40. The first-order chi connectivity index (χ1) is 11.5. The maximum absolute atomic E-state index is 12.5. The lowest BCUT2D eigenvalue weighted by molar-refractivity contribution is -0.140. The number of rotatable bonds is 7. The van der Waals surface area contributed by atoms with E-state index < -0.39 is 5.54 Å². The first-order valence-corrected chi connectivity index (χ1v) is 9.53. The van der Waals surface area contributed by atoms with Gasteiger partial charge in [-0.05, 0) is 30.5 Å². The molecule has 0 unspecified atom stereocenters. The van der Waals surface area contributed by atoms with Gasteiger partial charge in [-0.15, -0.1) is 12.4 Å². The van der Waals surface area contributed by atoms with Gasteiger partial charge in [0, 0.05) is 17.2 Å². The maximum Gasteiger partial charge on any atom is 0.306 e. The van der Waals surface area contributed by atoms with E-state index in [4.69, 9.17) is 5.73 Å². The van der Waals surface area contributed by atoms with Crippen molar-refractivity contribution in [2.24, 2.45) is 5.73 Å². The molecule has 1 saturated carbocycles. The molecule has 0 aromatic heterocycles. The quantitative estimate of drug-likeness (QED) is 0.553. The Bertz CT molecular complexity index is 577. The summed E-state index contributed by atoms with van der Waals surface area (Å²) >= 11 is 1.67. The van der Waals surface area contributed by atoms with E-state index in [0.29, 0.717) is 6.42 Å². The van der Waals surface area contributed by atoms with E-state index in [-0.39, 0.29) is 24.3 Å². The zero-order chi connectivity index (χ0) is 17.4. The molecule has 0 aliphatic heterocycles. The van der Waals surface area contributed by atoms with E-state index in [1.165, 1.54) is 7.11 Å². The van der Waals surface area contributed by atoms with Crippen LogP contribution in [0.15, 0.2) is 24.3 Å². The third-order valence-corrected chi connectivity index (χ3v) is 5.36. The summed E-state index contributed by atoms with van der Waals surface area (Å²) in [5.74, 6) is 1.23. The standard InChI is InChI=1S/C18H26N2O3S.ClH/c1-23-16(21)8-11-24-13-14-6-5-7-15(12-14)20-17(22)18(19)9-3-2-4-10-18;/h5-7,12H,2-4,8-11,13,19H2,1H3,(H,20,22);1H. The summed E-state index contributed by atoms with van der Waals surface area (Å²) in [5.41, 5.74) is 7.42. The van der Waals surface area contributed by atoms with Crippen LogP contribution in [0, 0.1) is 0 Å². The Kier molecular flexibility index (Phi) is 9.32. The van der Waals surface area contributed by atoms with Crippen LogP contribution in [0.1, 0.15) is 44.1 Å². The second kappa shape index (κ2) is 10.7. The summed E-state index contributed by atoms with van der Waals surface area (Å²) in [6.45, 7) is 0. The van der Waals surface area contributed by atoms with Crippen molar-refractivity contribution >= 4 is 41.7 Å². The second-order valence-corrected chi connectivity index (χ2v) is 7.36. The van der Waals surface area contributed by atoms with E-state index in [1.807, 2.05) is 24.3 Å². The molecule has 140 valence electrons. The molecule has 5 nitrogen and oxygen atoms in total. The number of halogens is 1. The minimum absolute atomic E-state index is 0. The Morgan fingerprint density at radius 3 is 2.68 bits per heavy atom. The van der Waals surface area contributed by atoms with Crippen molar-refractivity contribution in [1.82, 2.24) is 0 Å². The van der Waals surface area contributed by atoms with Gasteiger partial charge >= 0.3 is 5.97 Å². The van der Waals surface area contributed by atoms with Gasteiger partial charge in [-0.2, -0.15) is 11.8 Å². The van der Waals surface area contributed by atoms with Gasteiger partial charge in [0.1, 0.15) is 0 Å². The fourth-order valence-corrected chi connectivity index (χ4v) is 3.72. The Labute approximate surface area is 159 Å². The normalized spacial score (nSPS) is 15.8. The molecule has 25 heavy (non-hydrogen) atoms.